The van der Waals surface area contributed by atoms with Crippen LogP contribution in [-0.4, -0.2) is 38.8 Å². The molecule has 2 aromatic heterocycles. The smallest absolute Gasteiger partial charge is 0.269 e. The summed E-state index contributed by atoms with van der Waals surface area (Å²) in [7, 11) is 0. The Bertz CT molecular complexity index is 1140. The van der Waals surface area contributed by atoms with Crippen LogP contribution in [0.4, 0.5) is 5.69 Å². The van der Waals surface area contributed by atoms with Crippen LogP contribution in [0.25, 0.3) is 4.96 Å². The predicted molar refractivity (Wildman–Crippen MR) is 112 cm³/mol. The first-order valence-electron chi connectivity index (χ1n) is 9.93. The van der Waals surface area contributed by atoms with Gasteiger partial charge in [0.1, 0.15) is 0 Å². The Kier molecular flexibility index (Phi) is 4.48. The van der Waals surface area contributed by atoms with Crippen LogP contribution < -0.4 is 5.56 Å². The molecule has 2 fully saturated rings. The number of nitro benzene ring substituents is 1. The van der Waals surface area contributed by atoms with E-state index in [-0.39, 0.29) is 16.2 Å². The van der Waals surface area contributed by atoms with Crippen LogP contribution in [0, 0.1) is 28.9 Å². The van der Waals surface area contributed by atoms with Gasteiger partial charge in [0.25, 0.3) is 11.2 Å². The van der Waals surface area contributed by atoms with Gasteiger partial charge in [-0.1, -0.05) is 12.1 Å². The Morgan fingerprint density at radius 2 is 2.07 bits per heavy atom. The molecule has 1 aliphatic heterocycles. The highest BCUT2D eigenvalue weighted by molar-refractivity contribution is 7.15. The highest BCUT2D eigenvalue weighted by Gasteiger charge is 2.47. The third-order valence-corrected chi connectivity index (χ3v) is 7.37. The molecule has 0 radical (unpaired) electrons. The van der Waals surface area contributed by atoms with Gasteiger partial charge in [-0.05, 0) is 43.1 Å². The maximum absolute atomic E-state index is 12.7. The minimum absolute atomic E-state index is 0.0553. The molecule has 1 saturated carbocycles. The van der Waals surface area contributed by atoms with Crippen molar-refractivity contribution in [3.05, 3.63) is 73.1 Å². The predicted octanol–water partition coefficient (Wildman–Crippen LogP) is 3.25. The molecule has 8 heteroatoms. The fourth-order valence-corrected chi connectivity index (χ4v) is 5.74. The summed E-state index contributed by atoms with van der Waals surface area (Å²) in [6.07, 6.45) is 3.66. The number of rotatable bonds is 5. The number of nitro groups is 1. The first kappa shape index (κ1) is 18.4. The Morgan fingerprint density at radius 3 is 2.83 bits per heavy atom. The second-order valence-electron chi connectivity index (χ2n) is 8.16. The molecule has 3 atom stereocenters. The molecule has 1 aromatic carbocycles. The molecule has 150 valence electrons. The van der Waals surface area contributed by atoms with Crippen LogP contribution >= 0.6 is 11.3 Å². The number of aryl methyl sites for hydroxylation is 1. The Labute approximate surface area is 171 Å². The maximum Gasteiger partial charge on any atom is 0.269 e. The molecule has 2 aliphatic rings. The molecule has 0 bridgehead atoms. The van der Waals surface area contributed by atoms with E-state index in [9.17, 15) is 14.9 Å². The van der Waals surface area contributed by atoms with Crippen LogP contribution in [0.5, 0.6) is 0 Å². The minimum atomic E-state index is -0.350. The molecular weight excluding hydrogens is 388 g/mol. The van der Waals surface area contributed by atoms with Crippen molar-refractivity contribution in [2.75, 3.05) is 19.6 Å². The number of hydrogen-bond acceptors (Lipinski definition) is 6. The number of thiazole rings is 1. The molecule has 1 aliphatic carbocycles. The van der Waals surface area contributed by atoms with Gasteiger partial charge in [-0.3, -0.25) is 19.3 Å². The number of aromatic nitrogens is 2. The summed E-state index contributed by atoms with van der Waals surface area (Å²) in [5.41, 5.74) is 3.06. The second-order valence-corrected chi connectivity index (χ2v) is 9.03. The first-order valence-corrected chi connectivity index (χ1v) is 10.8. The Morgan fingerprint density at radius 1 is 1.28 bits per heavy atom. The zero-order valence-corrected chi connectivity index (χ0v) is 17.0. The van der Waals surface area contributed by atoms with E-state index in [1.54, 1.807) is 22.7 Å². The van der Waals surface area contributed by atoms with E-state index in [0.717, 1.165) is 48.7 Å². The number of hydrogen-bond donors (Lipinski definition) is 0. The van der Waals surface area contributed by atoms with Crippen LogP contribution in [-0.2, 0) is 6.42 Å². The van der Waals surface area contributed by atoms with Gasteiger partial charge >= 0.3 is 0 Å². The summed E-state index contributed by atoms with van der Waals surface area (Å²) in [5, 5.41) is 12.7. The van der Waals surface area contributed by atoms with E-state index in [1.165, 1.54) is 16.9 Å². The minimum Gasteiger partial charge on any atom is -0.302 e. The van der Waals surface area contributed by atoms with Gasteiger partial charge in [0, 0.05) is 54.6 Å². The molecule has 3 unspecified atom stereocenters. The van der Waals surface area contributed by atoms with Gasteiger partial charge in [0.2, 0.25) is 0 Å². The summed E-state index contributed by atoms with van der Waals surface area (Å²) in [4.78, 5) is 31.0. The molecule has 1 saturated heterocycles. The maximum atomic E-state index is 12.7. The van der Waals surface area contributed by atoms with Gasteiger partial charge in [-0.15, -0.1) is 11.3 Å². The number of likely N-dealkylation sites (tertiary alicyclic amines) is 1. The van der Waals surface area contributed by atoms with Crippen LogP contribution in [0.15, 0.2) is 40.6 Å². The lowest BCUT2D eigenvalue weighted by Gasteiger charge is -2.40. The van der Waals surface area contributed by atoms with Crippen LogP contribution in [0.1, 0.15) is 29.2 Å². The van der Waals surface area contributed by atoms with E-state index in [0.29, 0.717) is 17.8 Å². The number of benzene rings is 1. The van der Waals surface area contributed by atoms with E-state index in [4.69, 9.17) is 0 Å². The van der Waals surface area contributed by atoms with E-state index in [1.807, 2.05) is 24.4 Å². The van der Waals surface area contributed by atoms with Crippen molar-refractivity contribution in [3.63, 3.8) is 0 Å². The third kappa shape index (κ3) is 3.16. The number of nitrogens with zero attached hydrogens (tertiary/aromatic N) is 4. The standard InChI is InChI=1S/C21H22N4O3S/c1-13-17(20(26)24-8-9-29-21(24)22-13)6-7-23-11-15-10-18(19(15)12-23)14-2-4-16(5-3-14)25(27)28/h2-5,8-9,15,18-19H,6-7,10-12H2,1H3. The SMILES string of the molecule is Cc1nc2sccn2c(=O)c1CCN1CC2CC(c3ccc([N+](=O)[O-])cc3)C2C1. The fourth-order valence-electron chi connectivity index (χ4n) is 4.98. The Hall–Kier alpha value is -2.58. The lowest BCUT2D eigenvalue weighted by Crippen LogP contribution is -2.33. The molecular formula is C21H22N4O3S. The molecule has 0 amide bonds. The van der Waals surface area contributed by atoms with Crippen molar-refractivity contribution in [2.24, 2.45) is 11.8 Å². The summed E-state index contributed by atoms with van der Waals surface area (Å²) in [6, 6.07) is 7.04. The Balaban J connectivity index is 1.24. The summed E-state index contributed by atoms with van der Waals surface area (Å²) < 4.78 is 1.64. The quantitative estimate of drug-likeness (QED) is 0.476. The average Bonchev–Trinajstić information content (AvgIpc) is 3.28. The zero-order valence-electron chi connectivity index (χ0n) is 16.2. The van der Waals surface area contributed by atoms with Crippen LogP contribution in [0.3, 0.4) is 0 Å². The topological polar surface area (TPSA) is 80.8 Å². The normalized spacial score (nSPS) is 23.8. The van der Waals surface area contributed by atoms with Crippen molar-refractivity contribution in [1.82, 2.24) is 14.3 Å². The summed E-state index contributed by atoms with van der Waals surface area (Å²) in [6.45, 7) is 4.90. The van der Waals surface area contributed by atoms with Crippen LogP contribution in [0.2, 0.25) is 0 Å². The zero-order chi connectivity index (χ0) is 20.1. The van der Waals surface area contributed by atoms with Crippen molar-refractivity contribution in [2.45, 2.75) is 25.7 Å². The second kappa shape index (κ2) is 7.03. The molecule has 29 heavy (non-hydrogen) atoms. The van der Waals surface area contributed by atoms with Gasteiger partial charge in [0.15, 0.2) is 4.96 Å². The number of fused-ring (bicyclic) bond motifs is 2. The summed E-state index contributed by atoms with van der Waals surface area (Å²) in [5.74, 6) is 1.79. The van der Waals surface area contributed by atoms with Crippen molar-refractivity contribution >= 4 is 22.0 Å². The fraction of sp³-hybridized carbons (Fsp3) is 0.429. The van der Waals surface area contributed by atoms with Gasteiger partial charge in [-0.25, -0.2) is 4.98 Å². The van der Waals surface area contributed by atoms with E-state index in [2.05, 4.69) is 9.88 Å². The highest BCUT2D eigenvalue weighted by atomic mass is 32.1. The molecule has 5 rings (SSSR count). The molecule has 3 aromatic rings. The molecule has 7 nitrogen and oxygen atoms in total. The van der Waals surface area contributed by atoms with Crippen molar-refractivity contribution in [3.8, 4) is 0 Å². The summed E-state index contributed by atoms with van der Waals surface area (Å²) >= 11 is 1.48. The lowest BCUT2D eigenvalue weighted by molar-refractivity contribution is -0.384. The van der Waals surface area contributed by atoms with Crippen molar-refractivity contribution in [1.29, 1.82) is 0 Å². The van der Waals surface area contributed by atoms with E-state index < -0.39 is 0 Å². The van der Waals surface area contributed by atoms with Gasteiger partial charge < -0.3 is 4.90 Å². The number of non-ortho nitro benzene ring substituents is 1. The highest BCUT2D eigenvalue weighted by Crippen LogP contribution is 2.51. The third-order valence-electron chi connectivity index (χ3n) is 6.62. The largest absolute Gasteiger partial charge is 0.302 e. The van der Waals surface area contributed by atoms with E-state index >= 15 is 0 Å². The first-order chi connectivity index (χ1) is 14.0. The molecule has 0 N–H and O–H groups in total. The van der Waals surface area contributed by atoms with Gasteiger partial charge in [-0.2, -0.15) is 0 Å². The molecule has 0 spiro atoms. The van der Waals surface area contributed by atoms with Crippen molar-refractivity contribution < 1.29 is 4.92 Å². The monoisotopic (exact) mass is 410 g/mol. The average molecular weight is 410 g/mol. The van der Waals surface area contributed by atoms with Gasteiger partial charge in [0.05, 0.1) is 4.92 Å². The molecule has 3 heterocycles. The lowest BCUT2D eigenvalue weighted by atomic mass is 9.64.